The molecule has 1 atom stereocenters. The fourth-order valence-electron chi connectivity index (χ4n) is 3.15. The fourth-order valence-corrected chi connectivity index (χ4v) is 3.15. The first kappa shape index (κ1) is 15.6. The molecule has 0 radical (unpaired) electrons. The van der Waals surface area contributed by atoms with E-state index in [-0.39, 0.29) is 25.2 Å². The third-order valence-corrected chi connectivity index (χ3v) is 4.45. The number of hydrogen-bond acceptors (Lipinski definition) is 4. The van der Waals surface area contributed by atoms with E-state index >= 15 is 0 Å². The summed E-state index contributed by atoms with van der Waals surface area (Å²) in [5, 5.41) is 2.71. The van der Waals surface area contributed by atoms with Crippen LogP contribution in [0.1, 0.15) is 43.0 Å². The number of benzene rings is 1. The maximum absolute atomic E-state index is 12.4. The van der Waals surface area contributed by atoms with Gasteiger partial charge in [-0.25, -0.2) is 0 Å². The summed E-state index contributed by atoms with van der Waals surface area (Å²) >= 11 is 0. The van der Waals surface area contributed by atoms with Crippen LogP contribution < -0.4 is 14.8 Å². The number of fused-ring (bicyclic) bond motifs is 1. The summed E-state index contributed by atoms with van der Waals surface area (Å²) in [6.07, 6.45) is 4.23. The van der Waals surface area contributed by atoms with Gasteiger partial charge in [-0.05, 0) is 43.9 Å². The Balaban J connectivity index is 1.57. The predicted molar refractivity (Wildman–Crippen MR) is 84.5 cm³/mol. The molecule has 1 N–H and O–H groups in total. The van der Waals surface area contributed by atoms with Crippen molar-refractivity contribution in [1.29, 1.82) is 0 Å². The Morgan fingerprint density at radius 2 is 2.09 bits per heavy atom. The molecule has 1 saturated heterocycles. The molecule has 0 bridgehead atoms. The molecule has 6 nitrogen and oxygen atoms in total. The van der Waals surface area contributed by atoms with Crippen LogP contribution in [0.4, 0.5) is 0 Å². The quantitative estimate of drug-likeness (QED) is 0.921. The highest BCUT2D eigenvalue weighted by Crippen LogP contribution is 2.32. The molecule has 1 aromatic carbocycles. The second kappa shape index (κ2) is 6.89. The average molecular weight is 318 g/mol. The summed E-state index contributed by atoms with van der Waals surface area (Å²) in [6.45, 7) is 3.09. The van der Waals surface area contributed by atoms with Gasteiger partial charge in [0.15, 0.2) is 11.5 Å². The van der Waals surface area contributed by atoms with Gasteiger partial charge >= 0.3 is 0 Å². The SMILES string of the molecule is CCC1CCCCN1C(=O)CNC(=O)c1ccc2c(c1)OCO2. The lowest BCUT2D eigenvalue weighted by Crippen LogP contribution is -2.47. The monoisotopic (exact) mass is 318 g/mol. The Labute approximate surface area is 135 Å². The number of carbonyl (C=O) groups excluding carboxylic acids is 2. The zero-order valence-corrected chi connectivity index (χ0v) is 13.3. The van der Waals surface area contributed by atoms with Crippen LogP contribution in [-0.4, -0.2) is 42.6 Å². The van der Waals surface area contributed by atoms with Crippen LogP contribution in [-0.2, 0) is 4.79 Å². The third kappa shape index (κ3) is 3.41. The first-order valence-corrected chi connectivity index (χ1v) is 8.16. The summed E-state index contributed by atoms with van der Waals surface area (Å²) in [7, 11) is 0. The topological polar surface area (TPSA) is 67.9 Å². The normalized spacial score (nSPS) is 19.5. The number of piperidine rings is 1. The molecule has 0 aliphatic carbocycles. The summed E-state index contributed by atoms with van der Waals surface area (Å²) in [5.74, 6) is 0.912. The van der Waals surface area contributed by atoms with Crippen molar-refractivity contribution in [2.45, 2.75) is 38.6 Å². The number of hydrogen-bond donors (Lipinski definition) is 1. The minimum Gasteiger partial charge on any atom is -0.454 e. The molecule has 124 valence electrons. The molecule has 0 saturated carbocycles. The zero-order valence-electron chi connectivity index (χ0n) is 13.3. The molecule has 23 heavy (non-hydrogen) atoms. The maximum Gasteiger partial charge on any atom is 0.251 e. The molecule has 0 spiro atoms. The van der Waals surface area contributed by atoms with Crippen molar-refractivity contribution < 1.29 is 19.1 Å². The van der Waals surface area contributed by atoms with Gasteiger partial charge in [0.25, 0.3) is 5.91 Å². The van der Waals surface area contributed by atoms with Crippen LogP contribution in [0.2, 0.25) is 0 Å². The number of carbonyl (C=O) groups is 2. The highest BCUT2D eigenvalue weighted by molar-refractivity contribution is 5.97. The summed E-state index contributed by atoms with van der Waals surface area (Å²) < 4.78 is 10.5. The Morgan fingerprint density at radius 1 is 1.26 bits per heavy atom. The number of ether oxygens (including phenoxy) is 2. The number of likely N-dealkylation sites (tertiary alicyclic amines) is 1. The van der Waals surface area contributed by atoms with E-state index in [4.69, 9.17) is 9.47 Å². The van der Waals surface area contributed by atoms with Crippen molar-refractivity contribution in [2.24, 2.45) is 0 Å². The number of amides is 2. The second-order valence-corrected chi connectivity index (χ2v) is 5.90. The van der Waals surface area contributed by atoms with E-state index in [1.165, 1.54) is 6.42 Å². The van der Waals surface area contributed by atoms with E-state index in [0.29, 0.717) is 23.1 Å². The van der Waals surface area contributed by atoms with Gasteiger partial charge in [-0.15, -0.1) is 0 Å². The van der Waals surface area contributed by atoms with Crippen LogP contribution >= 0.6 is 0 Å². The smallest absolute Gasteiger partial charge is 0.251 e. The standard InChI is InChI=1S/C17H22N2O4/c1-2-13-5-3-4-8-19(13)16(20)10-18-17(21)12-6-7-14-15(9-12)23-11-22-14/h6-7,9,13H,2-5,8,10-11H2,1H3,(H,18,21). The van der Waals surface area contributed by atoms with Crippen LogP contribution in [0.25, 0.3) is 0 Å². The first-order valence-electron chi connectivity index (χ1n) is 8.16. The van der Waals surface area contributed by atoms with Crippen molar-refractivity contribution >= 4 is 11.8 Å². The Morgan fingerprint density at radius 3 is 2.91 bits per heavy atom. The van der Waals surface area contributed by atoms with Gasteiger partial charge in [0.2, 0.25) is 12.7 Å². The minimum atomic E-state index is -0.276. The highest BCUT2D eigenvalue weighted by atomic mass is 16.7. The lowest BCUT2D eigenvalue weighted by molar-refractivity contribution is -0.133. The second-order valence-electron chi connectivity index (χ2n) is 5.90. The van der Waals surface area contributed by atoms with E-state index in [2.05, 4.69) is 12.2 Å². The number of nitrogens with one attached hydrogen (secondary N) is 1. The number of nitrogens with zero attached hydrogens (tertiary/aromatic N) is 1. The molecule has 6 heteroatoms. The minimum absolute atomic E-state index is 0.00866. The maximum atomic E-state index is 12.4. The van der Waals surface area contributed by atoms with Crippen LogP contribution in [0.3, 0.4) is 0 Å². The molecule has 1 aromatic rings. The fraction of sp³-hybridized carbons (Fsp3) is 0.529. The van der Waals surface area contributed by atoms with Gasteiger partial charge < -0.3 is 19.7 Å². The van der Waals surface area contributed by atoms with Crippen LogP contribution in [0, 0.1) is 0 Å². The van der Waals surface area contributed by atoms with Gasteiger partial charge in [0, 0.05) is 18.2 Å². The Hall–Kier alpha value is -2.24. The van der Waals surface area contributed by atoms with Crippen molar-refractivity contribution in [2.75, 3.05) is 19.9 Å². The molecular weight excluding hydrogens is 296 g/mol. The average Bonchev–Trinajstić information content (AvgIpc) is 3.06. The van der Waals surface area contributed by atoms with Crippen LogP contribution in [0.15, 0.2) is 18.2 Å². The Kier molecular flexibility index (Phi) is 4.69. The van der Waals surface area contributed by atoms with Gasteiger partial charge in [0.05, 0.1) is 6.54 Å². The number of rotatable bonds is 4. The van der Waals surface area contributed by atoms with Gasteiger partial charge in [-0.1, -0.05) is 6.92 Å². The van der Waals surface area contributed by atoms with Crippen LogP contribution in [0.5, 0.6) is 11.5 Å². The largest absolute Gasteiger partial charge is 0.454 e. The lowest BCUT2D eigenvalue weighted by Gasteiger charge is -2.35. The first-order chi connectivity index (χ1) is 11.2. The molecule has 2 heterocycles. The third-order valence-electron chi connectivity index (χ3n) is 4.45. The molecule has 1 fully saturated rings. The molecule has 0 aromatic heterocycles. The zero-order chi connectivity index (χ0) is 16.2. The summed E-state index contributed by atoms with van der Waals surface area (Å²) in [5.41, 5.74) is 0.465. The lowest BCUT2D eigenvalue weighted by atomic mass is 10.00. The van der Waals surface area contributed by atoms with Crippen molar-refractivity contribution in [1.82, 2.24) is 10.2 Å². The van der Waals surface area contributed by atoms with E-state index in [0.717, 1.165) is 25.8 Å². The summed E-state index contributed by atoms with van der Waals surface area (Å²) in [4.78, 5) is 26.5. The van der Waals surface area contributed by atoms with E-state index in [1.807, 2.05) is 4.90 Å². The van der Waals surface area contributed by atoms with Crippen molar-refractivity contribution in [3.05, 3.63) is 23.8 Å². The van der Waals surface area contributed by atoms with E-state index in [1.54, 1.807) is 18.2 Å². The molecule has 2 aliphatic heterocycles. The molecule has 1 unspecified atom stereocenters. The Bertz CT molecular complexity index is 602. The molecule has 2 aliphatic rings. The highest BCUT2D eigenvalue weighted by Gasteiger charge is 2.25. The van der Waals surface area contributed by atoms with Crippen molar-refractivity contribution in [3.8, 4) is 11.5 Å². The van der Waals surface area contributed by atoms with E-state index in [9.17, 15) is 9.59 Å². The van der Waals surface area contributed by atoms with E-state index < -0.39 is 0 Å². The summed E-state index contributed by atoms with van der Waals surface area (Å²) in [6, 6.07) is 5.32. The molecular formula is C17H22N2O4. The van der Waals surface area contributed by atoms with Gasteiger partial charge in [-0.3, -0.25) is 9.59 Å². The predicted octanol–water partition coefficient (Wildman–Crippen LogP) is 1.94. The molecule has 3 rings (SSSR count). The van der Waals surface area contributed by atoms with Gasteiger partial charge in [-0.2, -0.15) is 0 Å². The van der Waals surface area contributed by atoms with Gasteiger partial charge in [0.1, 0.15) is 0 Å². The van der Waals surface area contributed by atoms with Crippen molar-refractivity contribution in [3.63, 3.8) is 0 Å². The molecule has 2 amide bonds.